The average Bonchev–Trinajstić information content (AvgIpc) is 2.69. The highest BCUT2D eigenvalue weighted by Gasteiger charge is 2.12. The third kappa shape index (κ3) is 6.38. The van der Waals surface area contributed by atoms with Crippen LogP contribution >= 0.6 is 0 Å². The highest BCUT2D eigenvalue weighted by atomic mass is 16.5. The van der Waals surface area contributed by atoms with Gasteiger partial charge in [-0.05, 0) is 25.0 Å². The van der Waals surface area contributed by atoms with Crippen LogP contribution in [0.25, 0.3) is 0 Å². The largest absolute Gasteiger partial charge is 0.493 e. The standard InChI is InChI=1S/C23H33NO2/c1-4-5-6-7-11-17-26-23-21(15-12-16-22(23)25-3)18-24-19(2)20-13-9-8-10-14-20/h8-10,12-16,19,24H,4-7,11,17-18H2,1-3H3. The molecule has 0 aliphatic carbocycles. The van der Waals surface area contributed by atoms with Crippen LogP contribution in [0, 0.1) is 0 Å². The maximum Gasteiger partial charge on any atom is 0.165 e. The molecule has 0 spiro atoms. The zero-order chi connectivity index (χ0) is 18.6. The molecule has 1 atom stereocenters. The van der Waals surface area contributed by atoms with Gasteiger partial charge in [0.2, 0.25) is 0 Å². The van der Waals surface area contributed by atoms with E-state index in [9.17, 15) is 0 Å². The molecular formula is C23H33NO2. The van der Waals surface area contributed by atoms with E-state index in [-0.39, 0.29) is 6.04 Å². The Hall–Kier alpha value is -2.00. The summed E-state index contributed by atoms with van der Waals surface area (Å²) in [4.78, 5) is 0. The fourth-order valence-electron chi connectivity index (χ4n) is 3.03. The molecule has 0 amide bonds. The van der Waals surface area contributed by atoms with Gasteiger partial charge in [-0.15, -0.1) is 0 Å². The number of benzene rings is 2. The third-order valence-corrected chi connectivity index (χ3v) is 4.67. The van der Waals surface area contributed by atoms with Crippen LogP contribution in [0.5, 0.6) is 11.5 Å². The summed E-state index contributed by atoms with van der Waals surface area (Å²) in [5.41, 5.74) is 2.43. The Morgan fingerprint density at radius 3 is 2.42 bits per heavy atom. The van der Waals surface area contributed by atoms with E-state index >= 15 is 0 Å². The zero-order valence-corrected chi connectivity index (χ0v) is 16.5. The zero-order valence-electron chi connectivity index (χ0n) is 16.5. The summed E-state index contributed by atoms with van der Waals surface area (Å²) in [5.74, 6) is 1.68. The monoisotopic (exact) mass is 355 g/mol. The Labute approximate surface area is 158 Å². The third-order valence-electron chi connectivity index (χ3n) is 4.67. The Balaban J connectivity index is 1.94. The molecule has 3 nitrogen and oxygen atoms in total. The molecule has 0 heterocycles. The minimum Gasteiger partial charge on any atom is -0.493 e. The first-order valence-corrected chi connectivity index (χ1v) is 9.83. The maximum absolute atomic E-state index is 6.11. The lowest BCUT2D eigenvalue weighted by Gasteiger charge is -2.18. The number of hydrogen-bond acceptors (Lipinski definition) is 3. The molecule has 0 aromatic heterocycles. The first-order valence-electron chi connectivity index (χ1n) is 9.83. The predicted octanol–water partition coefficient (Wildman–Crippen LogP) is 5.90. The summed E-state index contributed by atoms with van der Waals surface area (Å²) in [6.07, 6.45) is 6.17. The summed E-state index contributed by atoms with van der Waals surface area (Å²) in [7, 11) is 1.70. The minimum absolute atomic E-state index is 0.282. The van der Waals surface area contributed by atoms with Crippen molar-refractivity contribution in [1.82, 2.24) is 5.32 Å². The van der Waals surface area contributed by atoms with Crippen LogP contribution in [0.1, 0.15) is 63.1 Å². The van der Waals surface area contributed by atoms with Crippen LogP contribution in [0.2, 0.25) is 0 Å². The number of ether oxygens (including phenoxy) is 2. The molecule has 1 N–H and O–H groups in total. The Kier molecular flexibility index (Phi) is 9.05. The molecule has 2 rings (SSSR count). The summed E-state index contributed by atoms with van der Waals surface area (Å²) in [6, 6.07) is 16.9. The van der Waals surface area contributed by atoms with Crippen LogP contribution in [0.3, 0.4) is 0 Å². The highest BCUT2D eigenvalue weighted by Crippen LogP contribution is 2.31. The van der Waals surface area contributed by atoms with Crippen LogP contribution in [0.4, 0.5) is 0 Å². The van der Waals surface area contributed by atoms with Crippen molar-refractivity contribution in [3.63, 3.8) is 0 Å². The predicted molar refractivity (Wildman–Crippen MR) is 109 cm³/mol. The second kappa shape index (κ2) is 11.6. The number of nitrogens with one attached hydrogen (secondary N) is 1. The van der Waals surface area contributed by atoms with Crippen LogP contribution in [0.15, 0.2) is 48.5 Å². The van der Waals surface area contributed by atoms with E-state index in [1.165, 1.54) is 31.2 Å². The molecular weight excluding hydrogens is 322 g/mol. The van der Waals surface area contributed by atoms with Gasteiger partial charge in [-0.3, -0.25) is 0 Å². The molecule has 0 fully saturated rings. The molecule has 2 aromatic carbocycles. The van der Waals surface area contributed by atoms with Gasteiger partial charge >= 0.3 is 0 Å². The quantitative estimate of drug-likeness (QED) is 0.481. The van der Waals surface area contributed by atoms with Gasteiger partial charge < -0.3 is 14.8 Å². The van der Waals surface area contributed by atoms with Crippen molar-refractivity contribution in [2.24, 2.45) is 0 Å². The molecule has 0 aliphatic rings. The Morgan fingerprint density at radius 1 is 0.923 bits per heavy atom. The van der Waals surface area contributed by atoms with E-state index in [2.05, 4.69) is 49.5 Å². The molecule has 0 aliphatic heterocycles. The summed E-state index contributed by atoms with van der Waals surface area (Å²) in [5, 5.41) is 3.59. The van der Waals surface area contributed by atoms with Crippen LogP contribution in [-0.2, 0) is 6.54 Å². The molecule has 1 unspecified atom stereocenters. The van der Waals surface area contributed by atoms with Gasteiger partial charge in [0.1, 0.15) is 0 Å². The Morgan fingerprint density at radius 2 is 1.69 bits per heavy atom. The van der Waals surface area contributed by atoms with E-state index in [0.717, 1.165) is 36.6 Å². The topological polar surface area (TPSA) is 30.5 Å². The SMILES string of the molecule is CCCCCCCOc1c(CNC(C)c2ccccc2)cccc1OC. The van der Waals surface area contributed by atoms with Crippen molar-refractivity contribution in [2.75, 3.05) is 13.7 Å². The van der Waals surface area contributed by atoms with Gasteiger partial charge in [0.05, 0.1) is 13.7 Å². The summed E-state index contributed by atoms with van der Waals surface area (Å²) < 4.78 is 11.6. The van der Waals surface area contributed by atoms with Crippen molar-refractivity contribution in [3.05, 3.63) is 59.7 Å². The fourth-order valence-corrected chi connectivity index (χ4v) is 3.03. The van der Waals surface area contributed by atoms with Gasteiger partial charge in [-0.1, -0.05) is 75.1 Å². The van der Waals surface area contributed by atoms with Crippen molar-refractivity contribution >= 4 is 0 Å². The lowest BCUT2D eigenvalue weighted by Crippen LogP contribution is -2.18. The molecule has 142 valence electrons. The van der Waals surface area contributed by atoms with E-state index in [1.54, 1.807) is 7.11 Å². The normalized spacial score (nSPS) is 12.0. The molecule has 0 saturated heterocycles. The highest BCUT2D eigenvalue weighted by molar-refractivity contribution is 5.46. The molecule has 0 saturated carbocycles. The van der Waals surface area contributed by atoms with Crippen molar-refractivity contribution in [1.29, 1.82) is 0 Å². The second-order valence-electron chi connectivity index (χ2n) is 6.72. The van der Waals surface area contributed by atoms with Gasteiger partial charge in [-0.2, -0.15) is 0 Å². The summed E-state index contributed by atoms with van der Waals surface area (Å²) in [6.45, 7) is 5.91. The first-order chi connectivity index (χ1) is 12.8. The molecule has 26 heavy (non-hydrogen) atoms. The lowest BCUT2D eigenvalue weighted by molar-refractivity contribution is 0.281. The molecule has 0 bridgehead atoms. The van der Waals surface area contributed by atoms with Gasteiger partial charge in [0, 0.05) is 18.2 Å². The van der Waals surface area contributed by atoms with Gasteiger partial charge in [0.15, 0.2) is 11.5 Å². The van der Waals surface area contributed by atoms with E-state index in [0.29, 0.717) is 0 Å². The lowest BCUT2D eigenvalue weighted by atomic mass is 10.1. The number of hydrogen-bond donors (Lipinski definition) is 1. The molecule has 0 radical (unpaired) electrons. The maximum atomic E-state index is 6.11. The number of para-hydroxylation sites is 1. The average molecular weight is 356 g/mol. The van der Waals surface area contributed by atoms with Crippen LogP contribution < -0.4 is 14.8 Å². The number of methoxy groups -OCH3 is 1. The second-order valence-corrected chi connectivity index (χ2v) is 6.72. The fraction of sp³-hybridized carbons (Fsp3) is 0.478. The minimum atomic E-state index is 0.282. The van der Waals surface area contributed by atoms with Crippen molar-refractivity contribution in [2.45, 2.75) is 58.5 Å². The van der Waals surface area contributed by atoms with E-state index in [1.807, 2.05) is 18.2 Å². The number of unbranched alkanes of at least 4 members (excludes halogenated alkanes) is 4. The molecule has 3 heteroatoms. The summed E-state index contributed by atoms with van der Waals surface area (Å²) >= 11 is 0. The smallest absolute Gasteiger partial charge is 0.165 e. The van der Waals surface area contributed by atoms with Gasteiger partial charge in [-0.25, -0.2) is 0 Å². The molecule has 2 aromatic rings. The van der Waals surface area contributed by atoms with Gasteiger partial charge in [0.25, 0.3) is 0 Å². The number of rotatable bonds is 12. The Bertz CT molecular complexity index is 627. The van der Waals surface area contributed by atoms with E-state index in [4.69, 9.17) is 9.47 Å². The van der Waals surface area contributed by atoms with E-state index < -0.39 is 0 Å². The van der Waals surface area contributed by atoms with Crippen molar-refractivity contribution in [3.8, 4) is 11.5 Å². The van der Waals surface area contributed by atoms with Crippen molar-refractivity contribution < 1.29 is 9.47 Å². The van der Waals surface area contributed by atoms with Crippen LogP contribution in [-0.4, -0.2) is 13.7 Å². The first kappa shape index (κ1) is 20.3.